The molecule has 2 atom stereocenters. The highest BCUT2D eigenvalue weighted by Crippen LogP contribution is 2.37. The lowest BCUT2D eigenvalue weighted by molar-refractivity contribution is 0.0860. The molecule has 18 heavy (non-hydrogen) atoms. The summed E-state index contributed by atoms with van der Waals surface area (Å²) in [6.07, 6.45) is 3.02. The van der Waals surface area contributed by atoms with E-state index in [0.29, 0.717) is 12.0 Å². The molecule has 1 fully saturated rings. The molecule has 1 aromatic heterocycles. The zero-order valence-corrected chi connectivity index (χ0v) is 13.8. The highest BCUT2D eigenvalue weighted by atomic mass is 79.9. The molecule has 0 bridgehead atoms. The Bertz CT molecular complexity index is 412. The van der Waals surface area contributed by atoms with Crippen LogP contribution in [0.4, 0.5) is 0 Å². The molecule has 2 heterocycles. The topological polar surface area (TPSA) is 34.1 Å². The average molecular weight is 378 g/mol. The summed E-state index contributed by atoms with van der Waals surface area (Å²) >= 11 is 7.00. The van der Waals surface area contributed by atoms with Crippen molar-refractivity contribution in [1.82, 2.24) is 10.3 Å². The van der Waals surface area contributed by atoms with E-state index in [1.165, 1.54) is 0 Å². The van der Waals surface area contributed by atoms with Gasteiger partial charge in [0, 0.05) is 40.3 Å². The molecule has 0 radical (unpaired) electrons. The molecule has 5 heteroatoms. The van der Waals surface area contributed by atoms with Crippen molar-refractivity contribution < 1.29 is 4.74 Å². The van der Waals surface area contributed by atoms with Gasteiger partial charge in [-0.3, -0.25) is 4.98 Å². The molecule has 2 rings (SSSR count). The van der Waals surface area contributed by atoms with Gasteiger partial charge in [-0.15, -0.1) is 0 Å². The number of rotatable bonds is 4. The normalized spacial score (nSPS) is 23.8. The molecule has 1 N–H and O–H groups in total. The van der Waals surface area contributed by atoms with Crippen LogP contribution in [0.5, 0.6) is 0 Å². The van der Waals surface area contributed by atoms with Gasteiger partial charge >= 0.3 is 0 Å². The van der Waals surface area contributed by atoms with Gasteiger partial charge in [0.25, 0.3) is 0 Å². The van der Waals surface area contributed by atoms with E-state index in [9.17, 15) is 0 Å². The fourth-order valence-corrected chi connectivity index (χ4v) is 3.38. The predicted octanol–water partition coefficient (Wildman–Crippen LogP) is 3.68. The number of aromatic nitrogens is 1. The van der Waals surface area contributed by atoms with Gasteiger partial charge in [-0.25, -0.2) is 0 Å². The molecule has 1 aliphatic heterocycles. The minimum absolute atomic E-state index is 0.0960. The largest absolute Gasteiger partial charge is 0.372 e. The highest BCUT2D eigenvalue weighted by Gasteiger charge is 2.31. The Labute approximate surface area is 125 Å². The van der Waals surface area contributed by atoms with Crippen LogP contribution in [0.25, 0.3) is 0 Å². The molecule has 3 nitrogen and oxygen atoms in total. The zero-order chi connectivity index (χ0) is 13.1. The second-order valence-electron chi connectivity index (χ2n) is 4.92. The Morgan fingerprint density at radius 1 is 1.50 bits per heavy atom. The monoisotopic (exact) mass is 376 g/mol. The fraction of sp³-hybridized carbons (Fsp3) is 0.615. The van der Waals surface area contributed by atoms with Gasteiger partial charge in [0.1, 0.15) is 6.10 Å². The number of halogens is 2. The van der Waals surface area contributed by atoms with Gasteiger partial charge in [0.05, 0.1) is 5.69 Å². The Morgan fingerprint density at radius 3 is 2.94 bits per heavy atom. The maximum Gasteiger partial charge on any atom is 0.105 e. The Balaban J connectivity index is 2.10. The van der Waals surface area contributed by atoms with Crippen LogP contribution < -0.4 is 5.32 Å². The van der Waals surface area contributed by atoms with Crippen LogP contribution in [0.1, 0.15) is 32.1 Å². The van der Waals surface area contributed by atoms with E-state index in [4.69, 9.17) is 4.74 Å². The fourth-order valence-electron chi connectivity index (χ4n) is 2.17. The van der Waals surface area contributed by atoms with Crippen LogP contribution in [0.2, 0.25) is 0 Å². The molecule has 0 amide bonds. The van der Waals surface area contributed by atoms with Crippen LogP contribution in [0.15, 0.2) is 21.2 Å². The first kappa shape index (κ1) is 14.4. The molecule has 1 aromatic rings. The molecule has 1 aliphatic rings. The van der Waals surface area contributed by atoms with Crippen molar-refractivity contribution in [3.63, 3.8) is 0 Å². The number of pyridine rings is 1. The molecule has 100 valence electrons. The van der Waals surface area contributed by atoms with Crippen LogP contribution in [-0.2, 0) is 4.74 Å². The minimum Gasteiger partial charge on any atom is -0.372 e. The van der Waals surface area contributed by atoms with E-state index in [2.05, 4.69) is 56.0 Å². The molecule has 0 spiro atoms. The van der Waals surface area contributed by atoms with Crippen molar-refractivity contribution in [3.05, 3.63) is 26.9 Å². The van der Waals surface area contributed by atoms with Crippen molar-refractivity contribution in [2.24, 2.45) is 5.92 Å². The summed E-state index contributed by atoms with van der Waals surface area (Å²) in [5.41, 5.74) is 1.01. The summed E-state index contributed by atoms with van der Waals surface area (Å²) < 4.78 is 7.85. The van der Waals surface area contributed by atoms with Gasteiger partial charge in [0.15, 0.2) is 0 Å². The maximum atomic E-state index is 5.86. The van der Waals surface area contributed by atoms with E-state index in [0.717, 1.165) is 34.2 Å². The van der Waals surface area contributed by atoms with Crippen LogP contribution in [-0.4, -0.2) is 24.2 Å². The lowest BCUT2D eigenvalue weighted by Crippen LogP contribution is -2.30. The Kier molecular flexibility index (Phi) is 5.18. The second-order valence-corrected chi connectivity index (χ2v) is 6.69. The first-order valence-electron chi connectivity index (χ1n) is 6.24. The number of nitrogens with zero attached hydrogens (tertiary/aromatic N) is 1. The quantitative estimate of drug-likeness (QED) is 0.868. The van der Waals surface area contributed by atoms with E-state index < -0.39 is 0 Å². The summed E-state index contributed by atoms with van der Waals surface area (Å²) in [5, 5.41) is 3.49. The van der Waals surface area contributed by atoms with E-state index in [-0.39, 0.29) is 6.10 Å². The van der Waals surface area contributed by atoms with Crippen LogP contribution in [0, 0.1) is 5.92 Å². The van der Waals surface area contributed by atoms with Gasteiger partial charge in [0.2, 0.25) is 0 Å². The predicted molar refractivity (Wildman–Crippen MR) is 79.6 cm³/mol. The van der Waals surface area contributed by atoms with E-state index in [1.807, 2.05) is 12.3 Å². The smallest absolute Gasteiger partial charge is 0.105 e. The number of hydrogen-bond donors (Lipinski definition) is 1. The van der Waals surface area contributed by atoms with Gasteiger partial charge in [-0.1, -0.05) is 13.8 Å². The van der Waals surface area contributed by atoms with Crippen molar-refractivity contribution in [2.75, 3.05) is 13.2 Å². The van der Waals surface area contributed by atoms with Crippen molar-refractivity contribution in [2.45, 2.75) is 32.4 Å². The molecule has 1 saturated heterocycles. The molecule has 0 aromatic carbocycles. The number of nitrogens with one attached hydrogen (secondary N) is 1. The number of hydrogen-bond acceptors (Lipinski definition) is 3. The first-order valence-corrected chi connectivity index (χ1v) is 7.82. The molecule has 2 unspecified atom stereocenters. The summed E-state index contributed by atoms with van der Waals surface area (Å²) in [4.78, 5) is 4.49. The molecular weight excluding hydrogens is 360 g/mol. The van der Waals surface area contributed by atoms with Crippen molar-refractivity contribution in [3.8, 4) is 0 Å². The Hall–Kier alpha value is 0.0300. The van der Waals surface area contributed by atoms with E-state index >= 15 is 0 Å². The lowest BCUT2D eigenvalue weighted by Gasteiger charge is -2.20. The third kappa shape index (κ3) is 3.53. The molecular formula is C13H18Br2N2O. The standard InChI is InChI=1S/C13H18Br2N2O/c1-8(2)16-6-9-3-4-18-13(9)12-11(15)5-10(14)7-17-12/h5,7-9,13,16H,3-4,6H2,1-2H3. The van der Waals surface area contributed by atoms with Gasteiger partial charge in [-0.05, 0) is 44.3 Å². The van der Waals surface area contributed by atoms with Crippen molar-refractivity contribution >= 4 is 31.9 Å². The van der Waals surface area contributed by atoms with Crippen LogP contribution in [0.3, 0.4) is 0 Å². The van der Waals surface area contributed by atoms with Gasteiger partial charge < -0.3 is 10.1 Å². The highest BCUT2D eigenvalue weighted by molar-refractivity contribution is 9.11. The summed E-state index contributed by atoms with van der Waals surface area (Å²) in [6.45, 7) is 6.13. The Morgan fingerprint density at radius 2 is 2.28 bits per heavy atom. The summed E-state index contributed by atoms with van der Waals surface area (Å²) in [7, 11) is 0. The third-order valence-corrected chi connectivity index (χ3v) is 4.18. The van der Waals surface area contributed by atoms with E-state index in [1.54, 1.807) is 0 Å². The maximum absolute atomic E-state index is 5.86. The third-order valence-electron chi connectivity index (χ3n) is 3.11. The summed E-state index contributed by atoms with van der Waals surface area (Å²) in [6, 6.07) is 2.53. The first-order chi connectivity index (χ1) is 8.58. The average Bonchev–Trinajstić information content (AvgIpc) is 2.74. The summed E-state index contributed by atoms with van der Waals surface area (Å²) in [5.74, 6) is 0.498. The molecule has 0 aliphatic carbocycles. The minimum atomic E-state index is 0.0960. The lowest BCUT2D eigenvalue weighted by atomic mass is 9.98. The number of ether oxygens (including phenoxy) is 1. The second kappa shape index (κ2) is 6.46. The molecule has 0 saturated carbocycles. The van der Waals surface area contributed by atoms with Gasteiger partial charge in [-0.2, -0.15) is 0 Å². The van der Waals surface area contributed by atoms with Crippen molar-refractivity contribution in [1.29, 1.82) is 0 Å². The SMILES string of the molecule is CC(C)NCC1CCOC1c1ncc(Br)cc1Br. The van der Waals surface area contributed by atoms with Crippen LogP contribution >= 0.6 is 31.9 Å². The zero-order valence-electron chi connectivity index (χ0n) is 10.6.